The van der Waals surface area contributed by atoms with Crippen LogP contribution < -0.4 is 0 Å². The van der Waals surface area contributed by atoms with Crippen LogP contribution in [-0.2, 0) is 6.42 Å². The van der Waals surface area contributed by atoms with Gasteiger partial charge in [0, 0.05) is 0 Å². The van der Waals surface area contributed by atoms with E-state index in [0.29, 0.717) is 0 Å². The fraction of sp³-hybridized carbons (Fsp3) is 0.294. The van der Waals surface area contributed by atoms with Crippen molar-refractivity contribution in [1.82, 2.24) is 4.90 Å². The van der Waals surface area contributed by atoms with Crippen LogP contribution in [0.2, 0.25) is 5.02 Å². The first-order valence-corrected chi connectivity index (χ1v) is 7.13. The Morgan fingerprint density at radius 3 is 2.25 bits per heavy atom. The summed E-state index contributed by atoms with van der Waals surface area (Å²) in [5.74, 6) is -0.376. The second-order valence-electron chi connectivity index (χ2n) is 5.23. The highest BCUT2D eigenvalue weighted by Crippen LogP contribution is 2.24. The van der Waals surface area contributed by atoms with E-state index in [9.17, 15) is 4.39 Å². The molecule has 2 aromatic rings. The van der Waals surface area contributed by atoms with Crippen LogP contribution in [0.1, 0.15) is 12.0 Å². The lowest BCUT2D eigenvalue weighted by molar-refractivity contribution is 0.400. The third kappa shape index (κ3) is 4.06. The van der Waals surface area contributed by atoms with E-state index in [1.54, 1.807) is 6.07 Å². The Kier molecular flexibility index (Phi) is 5.16. The Morgan fingerprint density at radius 1 is 1.00 bits per heavy atom. The molecule has 0 N–H and O–H groups in total. The molecule has 0 amide bonds. The minimum atomic E-state index is -0.376. The van der Waals surface area contributed by atoms with Gasteiger partial charge in [0.05, 0.1) is 5.02 Å². The molecule has 0 aliphatic carbocycles. The van der Waals surface area contributed by atoms with Crippen LogP contribution in [0.3, 0.4) is 0 Å². The van der Waals surface area contributed by atoms with E-state index < -0.39 is 0 Å². The highest BCUT2D eigenvalue weighted by Gasteiger charge is 2.03. The summed E-state index contributed by atoms with van der Waals surface area (Å²) in [5.41, 5.74) is 3.17. The van der Waals surface area contributed by atoms with Gasteiger partial charge in [0.1, 0.15) is 5.82 Å². The number of rotatable bonds is 5. The monoisotopic (exact) mass is 291 g/mol. The average Bonchev–Trinajstić information content (AvgIpc) is 2.42. The fourth-order valence-corrected chi connectivity index (χ4v) is 2.26. The van der Waals surface area contributed by atoms with Crippen LogP contribution in [0, 0.1) is 5.82 Å². The van der Waals surface area contributed by atoms with Crippen molar-refractivity contribution >= 4 is 11.6 Å². The van der Waals surface area contributed by atoms with E-state index in [0.717, 1.165) is 30.5 Å². The zero-order valence-electron chi connectivity index (χ0n) is 11.9. The van der Waals surface area contributed by atoms with Gasteiger partial charge in [0.25, 0.3) is 0 Å². The number of nitrogens with zero attached hydrogens (tertiary/aromatic N) is 1. The minimum Gasteiger partial charge on any atom is -0.309 e. The van der Waals surface area contributed by atoms with Gasteiger partial charge in [-0.25, -0.2) is 4.39 Å². The van der Waals surface area contributed by atoms with E-state index in [2.05, 4.69) is 31.1 Å². The molecule has 1 nitrogen and oxygen atoms in total. The topological polar surface area (TPSA) is 3.24 Å². The molecule has 2 rings (SSSR count). The van der Waals surface area contributed by atoms with E-state index in [4.69, 9.17) is 11.6 Å². The molecule has 0 saturated heterocycles. The van der Waals surface area contributed by atoms with Gasteiger partial charge in [0.15, 0.2) is 0 Å². The molecular weight excluding hydrogens is 273 g/mol. The first kappa shape index (κ1) is 15.0. The normalized spacial score (nSPS) is 11.1. The molecule has 0 heterocycles. The Hall–Kier alpha value is -1.38. The van der Waals surface area contributed by atoms with E-state index in [1.165, 1.54) is 11.6 Å². The Morgan fingerprint density at radius 2 is 1.65 bits per heavy atom. The minimum absolute atomic E-state index is 0.161. The predicted molar refractivity (Wildman–Crippen MR) is 83.7 cm³/mol. The summed E-state index contributed by atoms with van der Waals surface area (Å²) in [5, 5.41) is 0.161. The Balaban J connectivity index is 2.05. The lowest BCUT2D eigenvalue weighted by atomic mass is 10.0. The number of halogens is 2. The maximum atomic E-state index is 13.4. The molecule has 0 saturated carbocycles. The van der Waals surface area contributed by atoms with Gasteiger partial charge >= 0.3 is 0 Å². The smallest absolute Gasteiger partial charge is 0.142 e. The fourth-order valence-electron chi connectivity index (χ4n) is 2.14. The molecule has 0 bridgehead atoms. The number of benzene rings is 2. The maximum Gasteiger partial charge on any atom is 0.142 e. The van der Waals surface area contributed by atoms with Crippen LogP contribution in [0.25, 0.3) is 11.1 Å². The zero-order chi connectivity index (χ0) is 14.5. The van der Waals surface area contributed by atoms with Crippen molar-refractivity contribution in [3.8, 4) is 11.1 Å². The summed E-state index contributed by atoms with van der Waals surface area (Å²) >= 11 is 5.70. The predicted octanol–water partition coefficient (Wildman–Crippen LogP) is 4.64. The maximum absolute atomic E-state index is 13.4. The average molecular weight is 292 g/mol. The molecule has 3 heteroatoms. The van der Waals surface area contributed by atoms with Crippen LogP contribution in [0.4, 0.5) is 4.39 Å². The molecule has 0 aliphatic rings. The molecule has 0 atom stereocenters. The molecule has 0 unspecified atom stereocenters. The standard InChI is InChI=1S/C17H19ClFN/c1-20(2)11-3-4-13-5-7-14(8-6-13)15-9-10-16(18)17(19)12-15/h5-10,12H,3-4,11H2,1-2H3. The molecule has 0 aromatic heterocycles. The third-order valence-corrected chi connectivity index (χ3v) is 3.58. The summed E-state index contributed by atoms with van der Waals surface area (Å²) in [4.78, 5) is 2.19. The van der Waals surface area contributed by atoms with Crippen LogP contribution in [0.5, 0.6) is 0 Å². The van der Waals surface area contributed by atoms with Crippen LogP contribution in [0.15, 0.2) is 42.5 Å². The lowest BCUT2D eigenvalue weighted by Crippen LogP contribution is -2.13. The Labute approximate surface area is 125 Å². The lowest BCUT2D eigenvalue weighted by Gasteiger charge is -2.09. The summed E-state index contributed by atoms with van der Waals surface area (Å²) in [6.45, 7) is 1.09. The van der Waals surface area contributed by atoms with Gasteiger partial charge in [-0.15, -0.1) is 0 Å². The van der Waals surface area contributed by atoms with Crippen molar-refractivity contribution in [2.24, 2.45) is 0 Å². The first-order valence-electron chi connectivity index (χ1n) is 6.75. The highest BCUT2D eigenvalue weighted by atomic mass is 35.5. The van der Waals surface area contributed by atoms with Crippen molar-refractivity contribution in [3.05, 3.63) is 58.9 Å². The molecule has 0 radical (unpaired) electrons. The molecule has 2 aromatic carbocycles. The van der Waals surface area contributed by atoms with Crippen molar-refractivity contribution in [2.45, 2.75) is 12.8 Å². The molecule has 0 aliphatic heterocycles. The van der Waals surface area contributed by atoms with E-state index in [1.807, 2.05) is 18.2 Å². The third-order valence-electron chi connectivity index (χ3n) is 3.28. The SMILES string of the molecule is CN(C)CCCc1ccc(-c2ccc(Cl)c(F)c2)cc1. The first-order chi connectivity index (χ1) is 9.56. The Bertz CT molecular complexity index is 564. The summed E-state index contributed by atoms with van der Waals surface area (Å²) in [6, 6.07) is 13.2. The molecule has 20 heavy (non-hydrogen) atoms. The van der Waals surface area contributed by atoms with Gasteiger partial charge in [-0.1, -0.05) is 41.9 Å². The molecular formula is C17H19ClFN. The molecule has 0 spiro atoms. The number of aryl methyl sites for hydroxylation is 1. The van der Waals surface area contributed by atoms with Gasteiger partial charge in [-0.05, 0) is 62.3 Å². The molecule has 0 fully saturated rings. The highest BCUT2D eigenvalue weighted by molar-refractivity contribution is 6.30. The van der Waals surface area contributed by atoms with E-state index in [-0.39, 0.29) is 10.8 Å². The van der Waals surface area contributed by atoms with Crippen molar-refractivity contribution in [3.63, 3.8) is 0 Å². The number of hydrogen-bond acceptors (Lipinski definition) is 1. The largest absolute Gasteiger partial charge is 0.309 e. The van der Waals surface area contributed by atoms with Crippen LogP contribution >= 0.6 is 11.6 Å². The summed E-state index contributed by atoms with van der Waals surface area (Å²) in [6.07, 6.45) is 2.20. The van der Waals surface area contributed by atoms with Crippen molar-refractivity contribution in [2.75, 3.05) is 20.6 Å². The van der Waals surface area contributed by atoms with Gasteiger partial charge < -0.3 is 4.90 Å². The second kappa shape index (κ2) is 6.87. The van der Waals surface area contributed by atoms with Crippen molar-refractivity contribution < 1.29 is 4.39 Å². The number of hydrogen-bond donors (Lipinski definition) is 0. The van der Waals surface area contributed by atoms with E-state index >= 15 is 0 Å². The summed E-state index contributed by atoms with van der Waals surface area (Å²) in [7, 11) is 4.16. The van der Waals surface area contributed by atoms with Gasteiger partial charge in [-0.2, -0.15) is 0 Å². The second-order valence-corrected chi connectivity index (χ2v) is 5.64. The van der Waals surface area contributed by atoms with Crippen molar-refractivity contribution in [1.29, 1.82) is 0 Å². The summed E-state index contributed by atoms with van der Waals surface area (Å²) < 4.78 is 13.4. The van der Waals surface area contributed by atoms with Crippen LogP contribution in [-0.4, -0.2) is 25.5 Å². The zero-order valence-corrected chi connectivity index (χ0v) is 12.6. The quantitative estimate of drug-likeness (QED) is 0.776. The van der Waals surface area contributed by atoms with Gasteiger partial charge in [-0.3, -0.25) is 0 Å². The molecule has 106 valence electrons. The van der Waals surface area contributed by atoms with Gasteiger partial charge in [0.2, 0.25) is 0 Å².